The van der Waals surface area contributed by atoms with Crippen molar-refractivity contribution < 1.29 is 9.59 Å². The molecule has 1 aliphatic rings. The maximum Gasteiger partial charge on any atom is 0.228 e. The van der Waals surface area contributed by atoms with Crippen molar-refractivity contribution in [3.05, 3.63) is 64.7 Å². The molecule has 1 fully saturated rings. The van der Waals surface area contributed by atoms with Gasteiger partial charge in [0.1, 0.15) is 0 Å². The fraction of sp³-hybridized carbons (Fsp3) is 0.300. The quantitative estimate of drug-likeness (QED) is 0.831. The SMILES string of the molecule is Cc1ccc(NC(=O)C2CC2C(=O)NCCc2ccccc2)cc1Cl. The topological polar surface area (TPSA) is 58.2 Å². The summed E-state index contributed by atoms with van der Waals surface area (Å²) < 4.78 is 0. The molecule has 2 N–H and O–H groups in total. The molecule has 2 aromatic carbocycles. The van der Waals surface area contributed by atoms with Crippen molar-refractivity contribution in [3.63, 3.8) is 0 Å². The van der Waals surface area contributed by atoms with E-state index in [4.69, 9.17) is 11.6 Å². The first-order chi connectivity index (χ1) is 12.0. The number of halogens is 1. The number of rotatable bonds is 6. The molecule has 1 saturated carbocycles. The molecule has 0 aliphatic heterocycles. The third kappa shape index (κ3) is 4.60. The van der Waals surface area contributed by atoms with E-state index in [1.165, 1.54) is 5.56 Å². The van der Waals surface area contributed by atoms with E-state index in [0.717, 1.165) is 12.0 Å². The molecule has 0 aromatic heterocycles. The van der Waals surface area contributed by atoms with E-state index in [1.807, 2.05) is 49.4 Å². The van der Waals surface area contributed by atoms with Crippen LogP contribution in [0.3, 0.4) is 0 Å². The molecule has 0 saturated heterocycles. The second-order valence-corrected chi connectivity index (χ2v) is 6.84. The van der Waals surface area contributed by atoms with Crippen molar-refractivity contribution in [2.24, 2.45) is 11.8 Å². The first-order valence-electron chi connectivity index (χ1n) is 8.43. The van der Waals surface area contributed by atoms with Gasteiger partial charge in [0, 0.05) is 17.3 Å². The van der Waals surface area contributed by atoms with Crippen molar-refractivity contribution in [2.45, 2.75) is 19.8 Å². The van der Waals surface area contributed by atoms with Gasteiger partial charge in [0.15, 0.2) is 0 Å². The van der Waals surface area contributed by atoms with Gasteiger partial charge in [-0.2, -0.15) is 0 Å². The lowest BCUT2D eigenvalue weighted by Gasteiger charge is -2.07. The van der Waals surface area contributed by atoms with Crippen molar-refractivity contribution in [2.75, 3.05) is 11.9 Å². The molecule has 0 bridgehead atoms. The minimum absolute atomic E-state index is 0.0435. The van der Waals surface area contributed by atoms with Crippen LogP contribution in [0.1, 0.15) is 17.5 Å². The average molecular weight is 357 g/mol. The first-order valence-corrected chi connectivity index (χ1v) is 8.81. The maximum absolute atomic E-state index is 12.2. The number of hydrogen-bond acceptors (Lipinski definition) is 2. The number of hydrogen-bond donors (Lipinski definition) is 2. The van der Waals surface area contributed by atoms with Gasteiger partial charge in [-0.25, -0.2) is 0 Å². The predicted octanol–water partition coefficient (Wildman–Crippen LogP) is 3.58. The van der Waals surface area contributed by atoms with E-state index in [2.05, 4.69) is 10.6 Å². The number of anilines is 1. The fourth-order valence-electron chi connectivity index (χ4n) is 2.79. The fourth-order valence-corrected chi connectivity index (χ4v) is 2.97. The lowest BCUT2D eigenvalue weighted by atomic mass is 10.1. The summed E-state index contributed by atoms with van der Waals surface area (Å²) in [5.74, 6) is -0.644. The normalized spacial score (nSPS) is 18.5. The molecule has 2 aromatic rings. The summed E-state index contributed by atoms with van der Waals surface area (Å²) in [5.41, 5.74) is 2.81. The van der Waals surface area contributed by atoms with Gasteiger partial charge in [-0.05, 0) is 43.0 Å². The second kappa shape index (κ2) is 7.70. The molecule has 130 valence electrons. The zero-order valence-electron chi connectivity index (χ0n) is 14.1. The molecule has 4 nitrogen and oxygen atoms in total. The predicted molar refractivity (Wildman–Crippen MR) is 99.6 cm³/mol. The Hall–Kier alpha value is -2.33. The monoisotopic (exact) mass is 356 g/mol. The van der Waals surface area contributed by atoms with E-state index in [0.29, 0.717) is 23.7 Å². The van der Waals surface area contributed by atoms with Crippen LogP contribution in [0.15, 0.2) is 48.5 Å². The Balaban J connectivity index is 1.44. The number of carbonyl (C=O) groups is 2. The Morgan fingerprint density at radius 1 is 1.08 bits per heavy atom. The van der Waals surface area contributed by atoms with Crippen molar-refractivity contribution in [1.82, 2.24) is 5.32 Å². The van der Waals surface area contributed by atoms with Crippen LogP contribution in [0.4, 0.5) is 5.69 Å². The van der Waals surface area contributed by atoms with Gasteiger partial charge < -0.3 is 10.6 Å². The second-order valence-electron chi connectivity index (χ2n) is 6.43. The Kier molecular flexibility index (Phi) is 5.39. The van der Waals surface area contributed by atoms with Crippen LogP contribution in [-0.4, -0.2) is 18.4 Å². The summed E-state index contributed by atoms with van der Waals surface area (Å²) in [6.07, 6.45) is 1.39. The van der Waals surface area contributed by atoms with E-state index in [1.54, 1.807) is 6.07 Å². The molecule has 3 rings (SSSR count). The number of carbonyl (C=O) groups excluding carboxylic acids is 2. The first kappa shape index (κ1) is 17.5. The summed E-state index contributed by atoms with van der Waals surface area (Å²) in [7, 11) is 0. The minimum atomic E-state index is -0.253. The molecule has 2 atom stereocenters. The zero-order valence-corrected chi connectivity index (χ0v) is 14.8. The highest BCUT2D eigenvalue weighted by atomic mass is 35.5. The number of benzene rings is 2. The van der Waals surface area contributed by atoms with Crippen LogP contribution in [0.2, 0.25) is 5.02 Å². The molecule has 0 radical (unpaired) electrons. The van der Waals surface area contributed by atoms with Gasteiger partial charge in [-0.3, -0.25) is 9.59 Å². The number of aryl methyl sites for hydroxylation is 1. The van der Waals surface area contributed by atoms with Crippen LogP contribution in [0.25, 0.3) is 0 Å². The third-order valence-electron chi connectivity index (χ3n) is 4.46. The summed E-state index contributed by atoms with van der Waals surface area (Å²) in [6, 6.07) is 15.4. The Morgan fingerprint density at radius 2 is 1.80 bits per heavy atom. The molecule has 25 heavy (non-hydrogen) atoms. The average Bonchev–Trinajstić information content (AvgIpc) is 3.40. The minimum Gasteiger partial charge on any atom is -0.356 e. The number of amides is 2. The Labute approximate surface area is 152 Å². The third-order valence-corrected chi connectivity index (χ3v) is 4.87. The molecule has 5 heteroatoms. The van der Waals surface area contributed by atoms with Gasteiger partial charge in [0.25, 0.3) is 0 Å². The van der Waals surface area contributed by atoms with Crippen LogP contribution in [0.5, 0.6) is 0 Å². The standard InChI is InChI=1S/C20H21ClN2O2/c1-13-7-8-15(11-18(13)21)23-20(25)17-12-16(17)19(24)22-10-9-14-5-3-2-4-6-14/h2-8,11,16-17H,9-10,12H2,1H3,(H,22,24)(H,23,25). The zero-order chi connectivity index (χ0) is 17.8. The van der Waals surface area contributed by atoms with Crippen molar-refractivity contribution >= 4 is 29.1 Å². The molecule has 0 heterocycles. The van der Waals surface area contributed by atoms with E-state index in [-0.39, 0.29) is 23.7 Å². The summed E-state index contributed by atoms with van der Waals surface area (Å²) >= 11 is 6.06. The van der Waals surface area contributed by atoms with E-state index in [9.17, 15) is 9.59 Å². The van der Waals surface area contributed by atoms with Crippen molar-refractivity contribution in [1.29, 1.82) is 0 Å². The Bertz CT molecular complexity index is 777. The highest BCUT2D eigenvalue weighted by Gasteiger charge is 2.47. The van der Waals surface area contributed by atoms with Crippen LogP contribution in [-0.2, 0) is 16.0 Å². The maximum atomic E-state index is 12.2. The lowest BCUT2D eigenvalue weighted by Crippen LogP contribution is -2.29. The van der Waals surface area contributed by atoms with Crippen LogP contribution < -0.4 is 10.6 Å². The molecule has 0 spiro atoms. The van der Waals surface area contributed by atoms with Crippen LogP contribution in [0, 0.1) is 18.8 Å². The number of nitrogens with one attached hydrogen (secondary N) is 2. The lowest BCUT2D eigenvalue weighted by molar-refractivity contribution is -0.125. The van der Waals surface area contributed by atoms with Crippen LogP contribution >= 0.6 is 11.6 Å². The highest BCUT2D eigenvalue weighted by molar-refractivity contribution is 6.31. The van der Waals surface area contributed by atoms with Gasteiger partial charge in [0.05, 0.1) is 11.8 Å². The van der Waals surface area contributed by atoms with E-state index >= 15 is 0 Å². The van der Waals surface area contributed by atoms with Gasteiger partial charge >= 0.3 is 0 Å². The summed E-state index contributed by atoms with van der Waals surface area (Å²) in [5, 5.41) is 6.37. The van der Waals surface area contributed by atoms with Gasteiger partial charge in [-0.1, -0.05) is 48.0 Å². The highest BCUT2D eigenvalue weighted by Crippen LogP contribution is 2.39. The molecule has 2 unspecified atom stereocenters. The molecule has 1 aliphatic carbocycles. The Morgan fingerprint density at radius 3 is 2.52 bits per heavy atom. The molecule has 2 amide bonds. The smallest absolute Gasteiger partial charge is 0.228 e. The van der Waals surface area contributed by atoms with Crippen molar-refractivity contribution in [3.8, 4) is 0 Å². The van der Waals surface area contributed by atoms with Gasteiger partial charge in [0.2, 0.25) is 11.8 Å². The summed E-state index contributed by atoms with van der Waals surface area (Å²) in [4.78, 5) is 24.4. The summed E-state index contributed by atoms with van der Waals surface area (Å²) in [6.45, 7) is 2.49. The molecular weight excluding hydrogens is 336 g/mol. The molecular formula is C20H21ClN2O2. The largest absolute Gasteiger partial charge is 0.356 e. The van der Waals surface area contributed by atoms with E-state index < -0.39 is 0 Å². The van der Waals surface area contributed by atoms with Gasteiger partial charge in [-0.15, -0.1) is 0 Å².